The van der Waals surface area contributed by atoms with Gasteiger partial charge in [0.2, 0.25) is 0 Å². The lowest BCUT2D eigenvalue weighted by Crippen LogP contribution is -2.38. The molecule has 0 aliphatic carbocycles. The summed E-state index contributed by atoms with van der Waals surface area (Å²) in [7, 11) is 2.65. The van der Waals surface area contributed by atoms with E-state index >= 15 is 0 Å². The molecular weight excluding hydrogens is 314 g/mol. The molecule has 1 rings (SSSR count). The maximum absolute atomic E-state index is 12.2. The fraction of sp³-hybridized carbons (Fsp3) is 0.429. The van der Waals surface area contributed by atoms with E-state index in [-0.39, 0.29) is 12.5 Å². The van der Waals surface area contributed by atoms with E-state index in [4.69, 9.17) is 16.3 Å². The van der Waals surface area contributed by atoms with Crippen LogP contribution in [-0.2, 0) is 14.3 Å². The van der Waals surface area contributed by atoms with Crippen LogP contribution < -0.4 is 5.32 Å². The lowest BCUT2D eigenvalue weighted by molar-refractivity contribution is -0.151. The Bertz CT molecular complexity index is 510. The largest absolute Gasteiger partial charge is 0.467 e. The number of rotatable bonds is 7. The van der Waals surface area contributed by atoms with Crippen LogP contribution in [-0.4, -0.2) is 44.5 Å². The summed E-state index contributed by atoms with van der Waals surface area (Å²) in [6.07, 6.45) is -0.825. The summed E-state index contributed by atoms with van der Waals surface area (Å²) in [4.78, 5) is 24.4. The molecule has 0 aliphatic heterocycles. The number of methoxy groups -OCH3 is 2. The summed E-state index contributed by atoms with van der Waals surface area (Å²) in [5.74, 6) is 0.00867. The Morgan fingerprint density at radius 3 is 2.67 bits per heavy atom. The number of halogens is 1. The molecule has 0 spiro atoms. The molecule has 5 nitrogen and oxygen atoms in total. The van der Waals surface area contributed by atoms with Crippen LogP contribution in [0, 0.1) is 0 Å². The van der Waals surface area contributed by atoms with Crippen LogP contribution in [0.1, 0.15) is 17.3 Å². The highest BCUT2D eigenvalue weighted by Gasteiger charge is 2.20. The molecule has 21 heavy (non-hydrogen) atoms. The molecule has 0 fully saturated rings. The van der Waals surface area contributed by atoms with Crippen LogP contribution in [0.15, 0.2) is 23.1 Å². The van der Waals surface area contributed by atoms with Gasteiger partial charge in [-0.25, -0.2) is 4.79 Å². The Morgan fingerprint density at radius 1 is 1.38 bits per heavy atom. The van der Waals surface area contributed by atoms with Crippen molar-refractivity contribution in [2.45, 2.75) is 17.9 Å². The van der Waals surface area contributed by atoms with E-state index < -0.39 is 12.1 Å². The molecule has 1 amide bonds. The molecule has 0 saturated heterocycles. The number of ether oxygens (including phenoxy) is 2. The summed E-state index contributed by atoms with van der Waals surface area (Å²) in [6.45, 7) is 2.03. The molecule has 0 bridgehead atoms. The van der Waals surface area contributed by atoms with E-state index in [1.165, 1.54) is 26.0 Å². The molecule has 1 atom stereocenters. The highest BCUT2D eigenvalue weighted by molar-refractivity contribution is 7.99. The average molecular weight is 332 g/mol. The first-order valence-electron chi connectivity index (χ1n) is 6.34. The Balaban J connectivity index is 2.77. The smallest absolute Gasteiger partial charge is 0.336 e. The molecule has 116 valence electrons. The van der Waals surface area contributed by atoms with E-state index in [2.05, 4.69) is 10.1 Å². The number of amides is 1. The second kappa shape index (κ2) is 8.92. The van der Waals surface area contributed by atoms with Gasteiger partial charge in [-0.2, -0.15) is 0 Å². The van der Waals surface area contributed by atoms with E-state index in [0.29, 0.717) is 10.6 Å². The number of benzene rings is 1. The zero-order chi connectivity index (χ0) is 15.8. The number of carbonyl (C=O) groups excluding carboxylic acids is 2. The van der Waals surface area contributed by atoms with Crippen LogP contribution in [0.2, 0.25) is 5.02 Å². The Labute approximate surface area is 133 Å². The van der Waals surface area contributed by atoms with E-state index in [1.54, 1.807) is 18.2 Å². The standard InChI is InChI=1S/C14H18ClNO4S/c1-4-21-12-7-9(15)5-6-10(12)13(17)16-8-11(19-2)14(18)20-3/h5-7,11H,4,8H2,1-3H3,(H,16,17)/t11-/m1/s1. The summed E-state index contributed by atoms with van der Waals surface area (Å²) < 4.78 is 9.55. The van der Waals surface area contributed by atoms with Gasteiger partial charge in [-0.15, -0.1) is 11.8 Å². The third-order valence-corrected chi connectivity index (χ3v) is 3.86. The molecule has 0 heterocycles. The summed E-state index contributed by atoms with van der Waals surface area (Å²) in [5.41, 5.74) is 0.519. The number of hydrogen-bond donors (Lipinski definition) is 1. The van der Waals surface area contributed by atoms with Gasteiger partial charge in [0.25, 0.3) is 5.91 Å². The zero-order valence-corrected chi connectivity index (χ0v) is 13.7. The van der Waals surface area contributed by atoms with E-state index in [1.807, 2.05) is 6.92 Å². The van der Waals surface area contributed by atoms with Crippen LogP contribution in [0.4, 0.5) is 0 Å². The van der Waals surface area contributed by atoms with Crippen molar-refractivity contribution in [1.82, 2.24) is 5.32 Å². The summed E-state index contributed by atoms with van der Waals surface area (Å²) in [6, 6.07) is 5.07. The zero-order valence-electron chi connectivity index (χ0n) is 12.1. The van der Waals surface area contributed by atoms with Crippen molar-refractivity contribution in [3.8, 4) is 0 Å². The fourth-order valence-electron chi connectivity index (χ4n) is 1.63. The normalized spacial score (nSPS) is 11.8. The predicted molar refractivity (Wildman–Crippen MR) is 83.0 cm³/mol. The summed E-state index contributed by atoms with van der Waals surface area (Å²) in [5, 5.41) is 3.24. The molecule has 1 aromatic carbocycles. The fourth-order valence-corrected chi connectivity index (χ4v) is 2.71. The van der Waals surface area contributed by atoms with Crippen molar-refractivity contribution in [3.05, 3.63) is 28.8 Å². The van der Waals surface area contributed by atoms with Crippen LogP contribution in [0.25, 0.3) is 0 Å². The van der Waals surface area contributed by atoms with Gasteiger partial charge >= 0.3 is 5.97 Å². The number of esters is 1. The van der Waals surface area contributed by atoms with Crippen molar-refractivity contribution in [2.75, 3.05) is 26.5 Å². The average Bonchev–Trinajstić information content (AvgIpc) is 2.47. The first kappa shape index (κ1) is 17.8. The van der Waals surface area contributed by atoms with Gasteiger partial charge in [-0.1, -0.05) is 18.5 Å². The number of carbonyl (C=O) groups is 2. The van der Waals surface area contributed by atoms with Crippen molar-refractivity contribution >= 4 is 35.2 Å². The van der Waals surface area contributed by atoms with Gasteiger partial charge in [0.1, 0.15) is 0 Å². The van der Waals surface area contributed by atoms with Gasteiger partial charge in [-0.05, 0) is 24.0 Å². The SMILES string of the molecule is CCSc1cc(Cl)ccc1C(=O)NC[C@@H](OC)C(=O)OC. The number of hydrogen-bond acceptors (Lipinski definition) is 5. The number of nitrogens with one attached hydrogen (secondary N) is 1. The van der Waals surface area contributed by atoms with Crippen molar-refractivity contribution < 1.29 is 19.1 Å². The quantitative estimate of drug-likeness (QED) is 0.614. The second-order valence-corrected chi connectivity index (χ2v) is 5.77. The minimum absolute atomic E-state index is 0.0425. The molecule has 0 unspecified atom stereocenters. The molecule has 0 radical (unpaired) electrons. The summed E-state index contributed by atoms with van der Waals surface area (Å²) >= 11 is 7.47. The Kier molecular flexibility index (Phi) is 7.56. The van der Waals surface area contributed by atoms with Gasteiger partial charge in [-0.3, -0.25) is 4.79 Å². The van der Waals surface area contributed by atoms with E-state index in [0.717, 1.165) is 10.6 Å². The van der Waals surface area contributed by atoms with Gasteiger partial charge in [0.05, 0.1) is 19.2 Å². The molecular formula is C14H18ClNO4S. The van der Waals surface area contributed by atoms with Crippen LogP contribution >= 0.6 is 23.4 Å². The molecule has 0 aliphatic rings. The molecule has 1 aromatic rings. The third kappa shape index (κ3) is 5.22. The van der Waals surface area contributed by atoms with Crippen LogP contribution in [0.5, 0.6) is 0 Å². The lowest BCUT2D eigenvalue weighted by Gasteiger charge is -2.14. The first-order chi connectivity index (χ1) is 10.0. The van der Waals surface area contributed by atoms with Crippen molar-refractivity contribution in [1.29, 1.82) is 0 Å². The van der Waals surface area contributed by atoms with E-state index in [9.17, 15) is 9.59 Å². The minimum atomic E-state index is -0.825. The monoisotopic (exact) mass is 331 g/mol. The first-order valence-corrected chi connectivity index (χ1v) is 7.71. The molecule has 0 aromatic heterocycles. The van der Waals surface area contributed by atoms with Crippen molar-refractivity contribution in [2.24, 2.45) is 0 Å². The van der Waals surface area contributed by atoms with Gasteiger partial charge < -0.3 is 14.8 Å². The minimum Gasteiger partial charge on any atom is -0.467 e. The molecule has 0 saturated carbocycles. The topological polar surface area (TPSA) is 64.6 Å². The van der Waals surface area contributed by atoms with Gasteiger partial charge in [0.15, 0.2) is 6.10 Å². The highest BCUT2D eigenvalue weighted by Crippen LogP contribution is 2.26. The molecule has 1 N–H and O–H groups in total. The van der Waals surface area contributed by atoms with Gasteiger partial charge in [0, 0.05) is 17.0 Å². The number of thioether (sulfide) groups is 1. The maximum Gasteiger partial charge on any atom is 0.336 e. The van der Waals surface area contributed by atoms with Crippen molar-refractivity contribution in [3.63, 3.8) is 0 Å². The second-order valence-electron chi connectivity index (χ2n) is 4.03. The maximum atomic E-state index is 12.2. The lowest BCUT2D eigenvalue weighted by atomic mass is 10.2. The highest BCUT2D eigenvalue weighted by atomic mass is 35.5. The van der Waals surface area contributed by atoms with Crippen LogP contribution in [0.3, 0.4) is 0 Å². The molecule has 7 heteroatoms. The Morgan fingerprint density at radius 2 is 2.10 bits per heavy atom. The Hall–Kier alpha value is -1.24. The third-order valence-electron chi connectivity index (χ3n) is 2.68. The predicted octanol–water partition coefficient (Wildman–Crippen LogP) is 2.37.